The second-order valence-corrected chi connectivity index (χ2v) is 8.47. The van der Waals surface area contributed by atoms with Crippen molar-refractivity contribution < 1.29 is 4.79 Å². The Hall–Kier alpha value is -4.77. The number of hydrogen-bond acceptors (Lipinski definition) is 7. The number of hydrogen-bond donors (Lipinski definition) is 5. The number of rotatable bonds is 5. The highest BCUT2D eigenvalue weighted by Gasteiger charge is 2.12. The Morgan fingerprint density at radius 3 is 2.76 bits per heavy atom. The second-order valence-electron chi connectivity index (χ2n) is 7.53. The van der Waals surface area contributed by atoms with Crippen LogP contribution >= 0.6 is 11.3 Å². The zero-order valence-electron chi connectivity index (χ0n) is 17.4. The normalized spacial score (nSPS) is 11.2. The predicted octanol–water partition coefficient (Wildman–Crippen LogP) is 4.25. The maximum Gasteiger partial charge on any atom is 0.268 e. The van der Waals surface area contributed by atoms with Gasteiger partial charge in [0, 0.05) is 22.7 Å². The number of nitrogens with one attached hydrogen (secondary N) is 5. The van der Waals surface area contributed by atoms with Crippen LogP contribution in [0.25, 0.3) is 33.2 Å². The number of H-pyrrole nitrogens is 3. The molecule has 0 spiro atoms. The molecule has 2 aromatic carbocycles. The number of benzene rings is 2. The van der Waals surface area contributed by atoms with Gasteiger partial charge in [-0.05, 0) is 41.8 Å². The molecule has 0 saturated carbocycles. The van der Waals surface area contributed by atoms with Crippen LogP contribution in [0, 0.1) is 0 Å². The Balaban J connectivity index is 1.29. The van der Waals surface area contributed by atoms with Crippen molar-refractivity contribution in [3.63, 3.8) is 0 Å². The topological polar surface area (TPSA) is 144 Å². The van der Waals surface area contributed by atoms with Crippen LogP contribution in [0.5, 0.6) is 0 Å². The van der Waals surface area contributed by atoms with Gasteiger partial charge in [0.2, 0.25) is 11.9 Å². The molecule has 0 saturated heterocycles. The molecule has 10 nitrogen and oxygen atoms in total. The van der Waals surface area contributed by atoms with Crippen LogP contribution < -0.4 is 16.2 Å². The number of nitrogens with zero attached hydrogens (tertiary/aromatic N) is 3. The summed E-state index contributed by atoms with van der Waals surface area (Å²) >= 11 is 1.36. The zero-order chi connectivity index (χ0) is 23.1. The van der Waals surface area contributed by atoms with Gasteiger partial charge in [-0.1, -0.05) is 12.1 Å². The maximum atomic E-state index is 12.3. The zero-order valence-corrected chi connectivity index (χ0v) is 18.2. The van der Waals surface area contributed by atoms with Gasteiger partial charge in [0.25, 0.3) is 11.5 Å². The van der Waals surface area contributed by atoms with Gasteiger partial charge in [0.1, 0.15) is 0 Å². The number of fused-ring (bicyclic) bond motifs is 2. The summed E-state index contributed by atoms with van der Waals surface area (Å²) in [7, 11) is 0. The third-order valence-corrected chi connectivity index (χ3v) is 6.07. The SMILES string of the molecule is O=C(Nc1nc2cc(-c3cc(=O)[nH]c(Nc4ccc5cn[nH]c5c4)n3)ccc2[nH]1)c1cccs1. The third-order valence-electron chi connectivity index (χ3n) is 5.20. The van der Waals surface area contributed by atoms with Crippen LogP contribution in [-0.4, -0.2) is 36.0 Å². The summed E-state index contributed by atoms with van der Waals surface area (Å²) in [5, 5.41) is 15.7. The molecular weight excluding hydrogens is 452 g/mol. The quantitative estimate of drug-likeness (QED) is 0.256. The number of anilines is 3. The lowest BCUT2D eigenvalue weighted by molar-refractivity contribution is 0.103. The number of aromatic amines is 3. The van der Waals surface area contributed by atoms with Crippen LogP contribution in [0.2, 0.25) is 0 Å². The fourth-order valence-electron chi connectivity index (χ4n) is 3.62. The van der Waals surface area contributed by atoms with E-state index in [4.69, 9.17) is 0 Å². The number of aromatic nitrogens is 6. The van der Waals surface area contributed by atoms with E-state index in [1.54, 1.807) is 12.3 Å². The fraction of sp³-hybridized carbons (Fsp3) is 0. The number of imidazole rings is 1. The van der Waals surface area contributed by atoms with Crippen molar-refractivity contribution in [1.29, 1.82) is 0 Å². The van der Waals surface area contributed by atoms with Crippen molar-refractivity contribution in [1.82, 2.24) is 30.1 Å². The van der Waals surface area contributed by atoms with Crippen molar-refractivity contribution >= 4 is 56.8 Å². The van der Waals surface area contributed by atoms with Gasteiger partial charge < -0.3 is 10.3 Å². The van der Waals surface area contributed by atoms with Gasteiger partial charge in [0.15, 0.2) is 0 Å². The molecule has 5 N–H and O–H groups in total. The maximum absolute atomic E-state index is 12.3. The number of amides is 1. The smallest absolute Gasteiger partial charge is 0.268 e. The third kappa shape index (κ3) is 3.80. The first-order chi connectivity index (χ1) is 16.6. The summed E-state index contributed by atoms with van der Waals surface area (Å²) in [5.74, 6) is 0.433. The van der Waals surface area contributed by atoms with E-state index in [2.05, 4.69) is 40.8 Å². The second kappa shape index (κ2) is 7.98. The summed E-state index contributed by atoms with van der Waals surface area (Å²) in [6, 6.07) is 16.2. The highest BCUT2D eigenvalue weighted by molar-refractivity contribution is 7.12. The van der Waals surface area contributed by atoms with Crippen LogP contribution in [0.4, 0.5) is 17.6 Å². The summed E-state index contributed by atoms with van der Waals surface area (Å²) < 4.78 is 0. The molecule has 4 aromatic heterocycles. The van der Waals surface area contributed by atoms with E-state index in [9.17, 15) is 9.59 Å². The van der Waals surface area contributed by atoms with Gasteiger partial charge in [-0.25, -0.2) is 9.97 Å². The fourth-order valence-corrected chi connectivity index (χ4v) is 4.24. The minimum absolute atomic E-state index is 0.227. The van der Waals surface area contributed by atoms with E-state index in [0.29, 0.717) is 33.5 Å². The molecular formula is C23H16N8O2S. The molecule has 6 rings (SSSR count). The van der Waals surface area contributed by atoms with Crippen molar-refractivity contribution in [2.75, 3.05) is 10.6 Å². The monoisotopic (exact) mass is 468 g/mol. The molecule has 0 aliphatic carbocycles. The summed E-state index contributed by atoms with van der Waals surface area (Å²) in [5.41, 5.74) is 3.93. The number of thiophene rings is 1. The highest BCUT2D eigenvalue weighted by atomic mass is 32.1. The molecule has 4 heterocycles. The molecule has 0 unspecified atom stereocenters. The number of carbonyl (C=O) groups excluding carboxylic acids is 1. The van der Waals surface area contributed by atoms with Crippen molar-refractivity contribution in [3.05, 3.63) is 81.4 Å². The lowest BCUT2D eigenvalue weighted by Gasteiger charge is -2.07. The Morgan fingerprint density at radius 1 is 0.941 bits per heavy atom. The molecule has 166 valence electrons. The van der Waals surface area contributed by atoms with E-state index in [-0.39, 0.29) is 11.5 Å². The van der Waals surface area contributed by atoms with Crippen molar-refractivity contribution in [2.45, 2.75) is 0 Å². The van der Waals surface area contributed by atoms with Crippen LogP contribution in [0.1, 0.15) is 9.67 Å². The summed E-state index contributed by atoms with van der Waals surface area (Å²) in [6.07, 6.45) is 1.74. The first-order valence-corrected chi connectivity index (χ1v) is 11.2. The molecule has 0 aliphatic heterocycles. The van der Waals surface area contributed by atoms with Crippen molar-refractivity contribution in [3.8, 4) is 11.3 Å². The largest absolute Gasteiger partial charge is 0.326 e. The Kier molecular flexibility index (Phi) is 4.66. The van der Waals surface area contributed by atoms with E-state index >= 15 is 0 Å². The number of carbonyl (C=O) groups is 1. The lowest BCUT2D eigenvalue weighted by atomic mass is 10.1. The van der Waals surface area contributed by atoms with E-state index in [1.165, 1.54) is 17.4 Å². The molecule has 0 fully saturated rings. The average Bonchev–Trinajstić information content (AvgIpc) is 3.58. The van der Waals surface area contributed by atoms with Gasteiger partial charge in [-0.3, -0.25) is 25.0 Å². The summed E-state index contributed by atoms with van der Waals surface area (Å²) in [4.78, 5) is 40.1. The Labute approximate surface area is 195 Å². The summed E-state index contributed by atoms with van der Waals surface area (Å²) in [6.45, 7) is 0. The van der Waals surface area contributed by atoms with Crippen LogP contribution in [-0.2, 0) is 0 Å². The van der Waals surface area contributed by atoms with Crippen LogP contribution in [0.3, 0.4) is 0 Å². The Bertz CT molecular complexity index is 1710. The first-order valence-electron chi connectivity index (χ1n) is 10.3. The first kappa shape index (κ1) is 19.9. The van der Waals surface area contributed by atoms with E-state index in [1.807, 2.05) is 47.8 Å². The van der Waals surface area contributed by atoms with Crippen LogP contribution in [0.15, 0.2) is 71.0 Å². The standard InChI is InChI=1S/C23H16N8O2S/c32-20-10-16(27-22(29-20)25-14-5-3-13-11-24-31-17(13)9-14)12-4-6-15-18(8-12)28-23(26-15)30-21(33)19-2-1-7-34-19/h1-11H,(H,24,31)(H2,25,27,29,32)(H2,26,28,30,33). The minimum atomic E-state index is -0.291. The molecule has 34 heavy (non-hydrogen) atoms. The predicted molar refractivity (Wildman–Crippen MR) is 132 cm³/mol. The van der Waals surface area contributed by atoms with E-state index < -0.39 is 0 Å². The molecule has 0 radical (unpaired) electrons. The minimum Gasteiger partial charge on any atom is -0.326 e. The molecule has 0 aliphatic rings. The van der Waals surface area contributed by atoms with Crippen molar-refractivity contribution in [2.24, 2.45) is 0 Å². The molecule has 0 atom stereocenters. The average molecular weight is 469 g/mol. The molecule has 11 heteroatoms. The van der Waals surface area contributed by atoms with Gasteiger partial charge in [-0.15, -0.1) is 11.3 Å². The lowest BCUT2D eigenvalue weighted by Crippen LogP contribution is -2.11. The van der Waals surface area contributed by atoms with E-state index in [0.717, 1.165) is 22.1 Å². The van der Waals surface area contributed by atoms with Gasteiger partial charge >= 0.3 is 0 Å². The molecule has 0 bridgehead atoms. The molecule has 6 aromatic rings. The Morgan fingerprint density at radius 2 is 1.88 bits per heavy atom. The van der Waals surface area contributed by atoms with Gasteiger partial charge in [0.05, 0.1) is 33.3 Å². The van der Waals surface area contributed by atoms with Gasteiger partial charge in [-0.2, -0.15) is 5.10 Å². The highest BCUT2D eigenvalue weighted by Crippen LogP contribution is 2.24. The molecule has 1 amide bonds.